The Kier molecular flexibility index (Phi) is 7.04. The monoisotopic (exact) mass is 374 g/mol. The van der Waals surface area contributed by atoms with Crippen LogP contribution in [0.4, 0.5) is 5.95 Å². The SMILES string of the molecule is CCOC(=O)c1[nH]c(C)c(C(=O)COC(=O)CCNc2ncccn2)c1C. The van der Waals surface area contributed by atoms with Gasteiger partial charge in [-0.25, -0.2) is 14.8 Å². The van der Waals surface area contributed by atoms with Crippen molar-refractivity contribution in [3.8, 4) is 0 Å². The number of rotatable bonds is 9. The van der Waals surface area contributed by atoms with Gasteiger partial charge in [0.1, 0.15) is 5.69 Å². The third-order valence-electron chi connectivity index (χ3n) is 3.74. The standard InChI is InChI=1S/C18H22N4O5/c1-4-26-17(25)16-11(2)15(12(3)22-16)13(23)10-27-14(24)6-9-21-18-19-7-5-8-20-18/h5,7-8,22H,4,6,9-10H2,1-3H3,(H,19,20,21). The van der Waals surface area contributed by atoms with Crippen molar-refractivity contribution in [3.05, 3.63) is 41.0 Å². The fraction of sp³-hybridized carbons (Fsp3) is 0.389. The summed E-state index contributed by atoms with van der Waals surface area (Å²) in [6, 6.07) is 1.68. The highest BCUT2D eigenvalue weighted by atomic mass is 16.5. The van der Waals surface area contributed by atoms with E-state index in [1.54, 1.807) is 39.2 Å². The molecule has 9 nitrogen and oxygen atoms in total. The topological polar surface area (TPSA) is 123 Å². The summed E-state index contributed by atoms with van der Waals surface area (Å²) in [7, 11) is 0. The lowest BCUT2D eigenvalue weighted by Crippen LogP contribution is -2.18. The van der Waals surface area contributed by atoms with Gasteiger partial charge in [0.05, 0.1) is 13.0 Å². The maximum absolute atomic E-state index is 12.4. The summed E-state index contributed by atoms with van der Waals surface area (Å²) in [5, 5.41) is 2.88. The Morgan fingerprint density at radius 2 is 1.85 bits per heavy atom. The van der Waals surface area contributed by atoms with Crippen LogP contribution in [0.2, 0.25) is 0 Å². The Balaban J connectivity index is 1.86. The van der Waals surface area contributed by atoms with Crippen LogP contribution in [-0.2, 0) is 14.3 Å². The smallest absolute Gasteiger partial charge is 0.355 e. The van der Waals surface area contributed by atoms with Crippen LogP contribution >= 0.6 is 0 Å². The first kappa shape index (κ1) is 20.1. The quantitative estimate of drug-likeness (QED) is 0.503. The van der Waals surface area contributed by atoms with Gasteiger partial charge in [0, 0.05) is 30.2 Å². The number of carbonyl (C=O) groups excluding carboxylic acids is 3. The molecular formula is C18H22N4O5. The van der Waals surface area contributed by atoms with Gasteiger partial charge >= 0.3 is 11.9 Å². The summed E-state index contributed by atoms with van der Waals surface area (Å²) in [5.41, 5.74) is 1.58. The Bertz CT molecular complexity index is 817. The van der Waals surface area contributed by atoms with E-state index in [0.717, 1.165) is 0 Å². The molecule has 0 spiro atoms. The Morgan fingerprint density at radius 1 is 1.15 bits per heavy atom. The number of nitrogens with one attached hydrogen (secondary N) is 2. The van der Waals surface area contributed by atoms with Crippen LogP contribution in [0.1, 0.15) is 45.4 Å². The van der Waals surface area contributed by atoms with Gasteiger partial charge in [0.2, 0.25) is 11.7 Å². The number of hydrogen-bond donors (Lipinski definition) is 2. The maximum Gasteiger partial charge on any atom is 0.355 e. The molecule has 0 saturated heterocycles. The molecule has 0 unspecified atom stereocenters. The molecule has 2 aromatic rings. The minimum absolute atomic E-state index is 0.0602. The molecule has 9 heteroatoms. The summed E-state index contributed by atoms with van der Waals surface area (Å²) in [6.45, 7) is 5.14. The molecule has 0 saturated carbocycles. The number of aryl methyl sites for hydroxylation is 1. The van der Waals surface area contributed by atoms with E-state index in [1.807, 2.05) is 0 Å². The Labute approximate surface area is 156 Å². The highest BCUT2D eigenvalue weighted by Crippen LogP contribution is 2.19. The highest BCUT2D eigenvalue weighted by Gasteiger charge is 2.23. The van der Waals surface area contributed by atoms with Crippen LogP contribution in [0.25, 0.3) is 0 Å². The van der Waals surface area contributed by atoms with E-state index in [9.17, 15) is 14.4 Å². The number of ketones is 1. The first-order valence-corrected chi connectivity index (χ1v) is 8.50. The van der Waals surface area contributed by atoms with Crippen LogP contribution in [-0.4, -0.2) is 52.4 Å². The summed E-state index contributed by atoms with van der Waals surface area (Å²) in [4.78, 5) is 46.9. The predicted octanol–water partition coefficient (Wildman–Crippen LogP) is 1.83. The van der Waals surface area contributed by atoms with Gasteiger partial charge in [-0.2, -0.15) is 0 Å². The molecule has 0 fully saturated rings. The zero-order valence-electron chi connectivity index (χ0n) is 15.5. The number of aromatic nitrogens is 3. The molecule has 0 aromatic carbocycles. The third kappa shape index (κ3) is 5.37. The second-order valence-electron chi connectivity index (χ2n) is 5.68. The molecule has 0 aliphatic carbocycles. The molecule has 2 N–H and O–H groups in total. The molecule has 0 atom stereocenters. The molecule has 2 rings (SSSR count). The normalized spacial score (nSPS) is 10.3. The predicted molar refractivity (Wildman–Crippen MR) is 96.7 cm³/mol. The van der Waals surface area contributed by atoms with E-state index in [4.69, 9.17) is 9.47 Å². The molecule has 27 heavy (non-hydrogen) atoms. The van der Waals surface area contributed by atoms with Crippen molar-refractivity contribution in [1.29, 1.82) is 0 Å². The van der Waals surface area contributed by atoms with Crippen LogP contribution in [0.15, 0.2) is 18.5 Å². The van der Waals surface area contributed by atoms with Crippen molar-refractivity contribution in [3.63, 3.8) is 0 Å². The lowest BCUT2D eigenvalue weighted by Gasteiger charge is -2.06. The van der Waals surface area contributed by atoms with Gasteiger partial charge in [0.25, 0.3) is 0 Å². The lowest BCUT2D eigenvalue weighted by atomic mass is 10.1. The molecular weight excluding hydrogens is 352 g/mol. The number of H-pyrrole nitrogens is 1. The number of nitrogens with zero attached hydrogens (tertiary/aromatic N) is 2. The average molecular weight is 374 g/mol. The Morgan fingerprint density at radius 3 is 2.52 bits per heavy atom. The fourth-order valence-electron chi connectivity index (χ4n) is 2.53. The van der Waals surface area contributed by atoms with E-state index < -0.39 is 18.5 Å². The Hall–Kier alpha value is -3.23. The number of esters is 2. The van der Waals surface area contributed by atoms with E-state index in [-0.39, 0.29) is 31.0 Å². The first-order valence-electron chi connectivity index (χ1n) is 8.50. The van der Waals surface area contributed by atoms with Crippen LogP contribution in [0.3, 0.4) is 0 Å². The van der Waals surface area contributed by atoms with E-state index >= 15 is 0 Å². The van der Waals surface area contributed by atoms with Crippen molar-refractivity contribution in [2.45, 2.75) is 27.2 Å². The van der Waals surface area contributed by atoms with Gasteiger partial charge in [-0.3, -0.25) is 9.59 Å². The van der Waals surface area contributed by atoms with Crippen molar-refractivity contribution in [1.82, 2.24) is 15.0 Å². The largest absolute Gasteiger partial charge is 0.461 e. The first-order chi connectivity index (χ1) is 12.9. The molecule has 144 valence electrons. The van der Waals surface area contributed by atoms with E-state index in [0.29, 0.717) is 22.8 Å². The minimum atomic E-state index is -0.525. The second-order valence-corrected chi connectivity index (χ2v) is 5.68. The van der Waals surface area contributed by atoms with Crippen LogP contribution < -0.4 is 5.32 Å². The van der Waals surface area contributed by atoms with Gasteiger partial charge in [0.15, 0.2) is 6.61 Å². The maximum atomic E-state index is 12.4. The second kappa shape index (κ2) is 9.46. The number of hydrogen-bond acceptors (Lipinski definition) is 8. The van der Waals surface area contributed by atoms with Crippen LogP contribution in [0, 0.1) is 13.8 Å². The summed E-state index contributed by atoms with van der Waals surface area (Å²) in [6.07, 6.45) is 3.22. The molecule has 2 aromatic heterocycles. The van der Waals surface area contributed by atoms with Gasteiger partial charge in [-0.15, -0.1) is 0 Å². The summed E-state index contributed by atoms with van der Waals surface area (Å²) < 4.78 is 9.98. The third-order valence-corrected chi connectivity index (χ3v) is 3.74. The summed E-state index contributed by atoms with van der Waals surface area (Å²) in [5.74, 6) is -1.03. The molecule has 2 heterocycles. The number of ether oxygens (including phenoxy) is 2. The van der Waals surface area contributed by atoms with Crippen LogP contribution in [0.5, 0.6) is 0 Å². The van der Waals surface area contributed by atoms with Gasteiger partial charge in [-0.1, -0.05) is 0 Å². The zero-order valence-corrected chi connectivity index (χ0v) is 15.5. The molecule has 0 amide bonds. The van der Waals surface area contributed by atoms with Gasteiger partial charge < -0.3 is 19.8 Å². The number of Topliss-reactive ketones (excluding diaryl/α,β-unsaturated/α-hetero) is 1. The van der Waals surface area contributed by atoms with E-state index in [2.05, 4.69) is 20.3 Å². The number of aromatic amines is 1. The average Bonchev–Trinajstić information content (AvgIpc) is 2.95. The van der Waals surface area contributed by atoms with Crippen molar-refractivity contribution < 1.29 is 23.9 Å². The lowest BCUT2D eigenvalue weighted by molar-refractivity contribution is -0.142. The summed E-state index contributed by atoms with van der Waals surface area (Å²) >= 11 is 0. The zero-order chi connectivity index (χ0) is 19.8. The minimum Gasteiger partial charge on any atom is -0.461 e. The highest BCUT2D eigenvalue weighted by molar-refractivity contribution is 6.03. The van der Waals surface area contributed by atoms with Gasteiger partial charge in [-0.05, 0) is 32.4 Å². The molecule has 0 bridgehead atoms. The number of anilines is 1. The molecule has 0 aliphatic rings. The fourth-order valence-corrected chi connectivity index (χ4v) is 2.53. The molecule has 0 aliphatic heterocycles. The number of carbonyl (C=O) groups is 3. The van der Waals surface area contributed by atoms with Crippen molar-refractivity contribution in [2.24, 2.45) is 0 Å². The van der Waals surface area contributed by atoms with Crippen molar-refractivity contribution in [2.75, 3.05) is 25.1 Å². The molecule has 0 radical (unpaired) electrons. The van der Waals surface area contributed by atoms with Crippen molar-refractivity contribution >= 4 is 23.7 Å². The van der Waals surface area contributed by atoms with E-state index in [1.165, 1.54) is 0 Å².